The summed E-state index contributed by atoms with van der Waals surface area (Å²) in [6.07, 6.45) is 4.10. The highest BCUT2D eigenvalue weighted by molar-refractivity contribution is 7.87. The molecule has 2 rings (SSSR count). The van der Waals surface area contributed by atoms with Crippen molar-refractivity contribution in [1.29, 1.82) is 0 Å². The molecule has 0 aliphatic carbocycles. The monoisotopic (exact) mass is 286 g/mol. The number of aryl methyl sites for hydroxylation is 1. The second kappa shape index (κ2) is 6.07. The molecule has 1 atom stereocenters. The maximum atomic E-state index is 12.3. The van der Waals surface area contributed by atoms with Gasteiger partial charge in [-0.25, -0.2) is 0 Å². The molecule has 1 aliphatic rings. The zero-order chi connectivity index (χ0) is 13.9. The van der Waals surface area contributed by atoms with Crippen LogP contribution in [-0.2, 0) is 10.2 Å². The van der Waals surface area contributed by atoms with Gasteiger partial charge in [-0.1, -0.05) is 12.8 Å². The lowest BCUT2D eigenvalue weighted by atomic mass is 10.2. The molecule has 6 heteroatoms. The first-order valence-corrected chi connectivity index (χ1v) is 8.27. The van der Waals surface area contributed by atoms with E-state index < -0.39 is 10.2 Å². The number of rotatable bonds is 4. The van der Waals surface area contributed by atoms with Gasteiger partial charge in [0.15, 0.2) is 0 Å². The standard InChI is InChI=1S/C13H22N2O3S/c1-11-7-8-13(18-11)12(2)14-19(16,17)15-9-5-3-4-6-10-15/h7-8,12,14H,3-6,9-10H2,1-2H3. The van der Waals surface area contributed by atoms with Crippen LogP contribution in [0.25, 0.3) is 0 Å². The third-order valence-corrected chi connectivity index (χ3v) is 5.11. The maximum Gasteiger partial charge on any atom is 0.280 e. The van der Waals surface area contributed by atoms with Gasteiger partial charge in [0.2, 0.25) is 0 Å². The van der Waals surface area contributed by atoms with Gasteiger partial charge >= 0.3 is 0 Å². The zero-order valence-electron chi connectivity index (χ0n) is 11.6. The molecule has 1 N–H and O–H groups in total. The van der Waals surface area contributed by atoms with E-state index in [1.165, 1.54) is 0 Å². The lowest BCUT2D eigenvalue weighted by molar-refractivity contribution is 0.395. The topological polar surface area (TPSA) is 62.6 Å². The average Bonchev–Trinajstić information content (AvgIpc) is 2.63. The van der Waals surface area contributed by atoms with Gasteiger partial charge < -0.3 is 4.42 Å². The molecular formula is C13H22N2O3S. The molecule has 0 amide bonds. The van der Waals surface area contributed by atoms with Crippen molar-refractivity contribution in [2.24, 2.45) is 0 Å². The van der Waals surface area contributed by atoms with E-state index in [2.05, 4.69) is 4.72 Å². The minimum absolute atomic E-state index is 0.345. The smallest absolute Gasteiger partial charge is 0.280 e. The summed E-state index contributed by atoms with van der Waals surface area (Å²) in [5.41, 5.74) is 0. The zero-order valence-corrected chi connectivity index (χ0v) is 12.4. The van der Waals surface area contributed by atoms with Crippen molar-refractivity contribution >= 4 is 10.2 Å². The predicted octanol–water partition coefficient (Wildman–Crippen LogP) is 2.36. The predicted molar refractivity (Wildman–Crippen MR) is 74.0 cm³/mol. The Bertz CT molecular complexity index is 502. The lowest BCUT2D eigenvalue weighted by Gasteiger charge is -2.22. The van der Waals surface area contributed by atoms with Crippen molar-refractivity contribution in [3.05, 3.63) is 23.7 Å². The van der Waals surface area contributed by atoms with Crippen molar-refractivity contribution in [3.8, 4) is 0 Å². The van der Waals surface area contributed by atoms with Gasteiger partial charge in [-0.15, -0.1) is 0 Å². The summed E-state index contributed by atoms with van der Waals surface area (Å²) in [5, 5.41) is 0. The van der Waals surface area contributed by atoms with Crippen molar-refractivity contribution in [3.63, 3.8) is 0 Å². The van der Waals surface area contributed by atoms with Crippen molar-refractivity contribution < 1.29 is 12.8 Å². The number of hydrogen-bond acceptors (Lipinski definition) is 3. The van der Waals surface area contributed by atoms with Gasteiger partial charge in [0.05, 0.1) is 6.04 Å². The first kappa shape index (κ1) is 14.6. The molecule has 1 aromatic rings. The highest BCUT2D eigenvalue weighted by Crippen LogP contribution is 2.19. The molecule has 1 unspecified atom stereocenters. The maximum absolute atomic E-state index is 12.3. The highest BCUT2D eigenvalue weighted by atomic mass is 32.2. The van der Waals surface area contributed by atoms with E-state index in [1.54, 1.807) is 11.2 Å². The minimum Gasteiger partial charge on any atom is -0.465 e. The van der Waals surface area contributed by atoms with Crippen LogP contribution in [0.5, 0.6) is 0 Å². The second-order valence-electron chi connectivity index (χ2n) is 5.11. The van der Waals surface area contributed by atoms with Crippen molar-refractivity contribution in [1.82, 2.24) is 9.03 Å². The fraction of sp³-hybridized carbons (Fsp3) is 0.692. The quantitative estimate of drug-likeness (QED) is 0.924. The summed E-state index contributed by atoms with van der Waals surface area (Å²) in [6, 6.07) is 3.30. The van der Waals surface area contributed by atoms with Crippen molar-refractivity contribution in [2.45, 2.75) is 45.6 Å². The molecule has 0 radical (unpaired) electrons. The minimum atomic E-state index is -3.42. The highest BCUT2D eigenvalue weighted by Gasteiger charge is 2.25. The van der Waals surface area contributed by atoms with Gasteiger partial charge in [0, 0.05) is 13.1 Å². The molecule has 1 fully saturated rings. The Morgan fingerprint density at radius 1 is 1.21 bits per heavy atom. The summed E-state index contributed by atoms with van der Waals surface area (Å²) in [5.74, 6) is 1.44. The molecule has 1 saturated heterocycles. The number of hydrogen-bond donors (Lipinski definition) is 1. The van der Waals surface area contributed by atoms with Crippen LogP contribution in [0.2, 0.25) is 0 Å². The van der Waals surface area contributed by atoms with E-state index >= 15 is 0 Å². The van der Waals surface area contributed by atoms with E-state index in [-0.39, 0.29) is 6.04 Å². The summed E-state index contributed by atoms with van der Waals surface area (Å²) in [7, 11) is -3.42. The van der Waals surface area contributed by atoms with Crippen LogP contribution in [0.3, 0.4) is 0 Å². The number of furan rings is 1. The fourth-order valence-corrected chi connectivity index (χ4v) is 3.78. The third-order valence-electron chi connectivity index (χ3n) is 3.42. The Kier molecular flexibility index (Phi) is 4.65. The molecule has 0 spiro atoms. The van der Waals surface area contributed by atoms with Crippen LogP contribution in [0.15, 0.2) is 16.5 Å². The lowest BCUT2D eigenvalue weighted by Crippen LogP contribution is -2.42. The molecule has 19 heavy (non-hydrogen) atoms. The summed E-state index contributed by atoms with van der Waals surface area (Å²) >= 11 is 0. The Morgan fingerprint density at radius 2 is 1.84 bits per heavy atom. The molecule has 2 heterocycles. The van der Waals surface area contributed by atoms with Crippen LogP contribution >= 0.6 is 0 Å². The summed E-state index contributed by atoms with van der Waals surface area (Å²) in [4.78, 5) is 0. The first-order valence-electron chi connectivity index (χ1n) is 6.83. The normalized spacial score (nSPS) is 20.1. The molecule has 1 aliphatic heterocycles. The van der Waals surface area contributed by atoms with E-state index in [0.717, 1.165) is 31.4 Å². The Balaban J connectivity index is 2.03. The molecule has 0 bridgehead atoms. The van der Waals surface area contributed by atoms with Gasteiger partial charge in [-0.2, -0.15) is 17.4 Å². The van der Waals surface area contributed by atoms with Crippen molar-refractivity contribution in [2.75, 3.05) is 13.1 Å². The molecule has 5 nitrogen and oxygen atoms in total. The van der Waals surface area contributed by atoms with E-state index in [9.17, 15) is 8.42 Å². The second-order valence-corrected chi connectivity index (χ2v) is 6.81. The third kappa shape index (κ3) is 3.81. The van der Waals surface area contributed by atoms with Crippen LogP contribution in [0, 0.1) is 6.92 Å². The van der Waals surface area contributed by atoms with Gasteiger partial charge in [0.1, 0.15) is 11.5 Å². The first-order chi connectivity index (χ1) is 8.99. The molecule has 0 saturated carbocycles. The Hall–Kier alpha value is -0.850. The van der Waals surface area contributed by atoms with Gasteiger partial charge in [-0.05, 0) is 38.8 Å². The molecule has 1 aromatic heterocycles. The van der Waals surface area contributed by atoms with E-state index in [1.807, 2.05) is 19.1 Å². The molecule has 0 aromatic carbocycles. The molecular weight excluding hydrogens is 264 g/mol. The summed E-state index contributed by atoms with van der Waals surface area (Å²) in [6.45, 7) is 4.87. The SMILES string of the molecule is Cc1ccc(C(C)NS(=O)(=O)N2CCCCCC2)o1. The number of nitrogens with one attached hydrogen (secondary N) is 1. The van der Waals surface area contributed by atoms with E-state index in [4.69, 9.17) is 4.42 Å². The molecule has 108 valence electrons. The van der Waals surface area contributed by atoms with Crippen LogP contribution in [0.1, 0.15) is 50.2 Å². The van der Waals surface area contributed by atoms with Crippen LogP contribution in [-0.4, -0.2) is 25.8 Å². The van der Waals surface area contributed by atoms with Gasteiger partial charge in [-0.3, -0.25) is 0 Å². The summed E-state index contributed by atoms with van der Waals surface area (Å²) < 4.78 is 34.3. The van der Waals surface area contributed by atoms with E-state index in [0.29, 0.717) is 18.8 Å². The average molecular weight is 286 g/mol. The Labute approximate surface area is 115 Å². The largest absolute Gasteiger partial charge is 0.465 e. The van der Waals surface area contributed by atoms with Gasteiger partial charge in [0.25, 0.3) is 10.2 Å². The fourth-order valence-electron chi connectivity index (χ4n) is 2.32. The number of nitrogens with zero attached hydrogens (tertiary/aromatic N) is 1. The Morgan fingerprint density at radius 3 is 2.37 bits per heavy atom. The van der Waals surface area contributed by atoms with Crippen LogP contribution < -0.4 is 4.72 Å². The van der Waals surface area contributed by atoms with Crippen LogP contribution in [0.4, 0.5) is 0 Å².